The molecule has 4 heteroatoms. The summed E-state index contributed by atoms with van der Waals surface area (Å²) in [6.07, 6.45) is 2.81. The molecule has 2 unspecified atom stereocenters. The zero-order valence-electron chi connectivity index (χ0n) is 10.7. The second-order valence-electron chi connectivity index (χ2n) is 5.61. The van der Waals surface area contributed by atoms with Gasteiger partial charge < -0.3 is 19.3 Å². The fourth-order valence-electron chi connectivity index (χ4n) is 3.28. The molecule has 0 aromatic carbocycles. The fourth-order valence-corrected chi connectivity index (χ4v) is 3.28. The molecule has 1 spiro atoms. The van der Waals surface area contributed by atoms with Gasteiger partial charge in [0.1, 0.15) is 11.7 Å². The van der Waals surface area contributed by atoms with Crippen molar-refractivity contribution < 1.29 is 19.3 Å². The first-order valence-electron chi connectivity index (χ1n) is 6.61. The molecule has 3 rings (SSSR count). The molecule has 2 bridgehead atoms. The van der Waals surface area contributed by atoms with Crippen LogP contribution in [0.5, 0.6) is 0 Å². The summed E-state index contributed by atoms with van der Waals surface area (Å²) in [6, 6.07) is 0. The van der Waals surface area contributed by atoms with Crippen LogP contribution in [0, 0.1) is 0 Å². The van der Waals surface area contributed by atoms with Crippen molar-refractivity contribution in [2.24, 2.45) is 0 Å². The topological polar surface area (TPSA) is 47.9 Å². The third-order valence-corrected chi connectivity index (χ3v) is 4.28. The molecular weight excluding hydrogens is 232 g/mol. The summed E-state index contributed by atoms with van der Waals surface area (Å²) in [4.78, 5) is 0. The molecule has 1 N–H and O–H groups in total. The van der Waals surface area contributed by atoms with Gasteiger partial charge in [-0.15, -0.1) is 5.73 Å². The van der Waals surface area contributed by atoms with Crippen LogP contribution in [0.15, 0.2) is 17.9 Å². The van der Waals surface area contributed by atoms with E-state index in [2.05, 4.69) is 12.3 Å². The van der Waals surface area contributed by atoms with Crippen molar-refractivity contribution in [2.75, 3.05) is 6.61 Å². The van der Waals surface area contributed by atoms with Crippen molar-refractivity contribution in [2.45, 2.75) is 62.8 Å². The molecule has 5 atom stereocenters. The summed E-state index contributed by atoms with van der Waals surface area (Å²) in [5, 5.41) is 9.66. The van der Waals surface area contributed by atoms with Gasteiger partial charge in [-0.3, -0.25) is 0 Å². The predicted octanol–water partition coefficient (Wildman–Crippen LogP) is 1.53. The normalized spacial score (nSPS) is 46.3. The van der Waals surface area contributed by atoms with Crippen LogP contribution >= 0.6 is 0 Å². The summed E-state index contributed by atoms with van der Waals surface area (Å²) in [6.45, 7) is 6.12. The number of fused-ring (bicyclic) bond motifs is 1. The highest BCUT2D eigenvalue weighted by Crippen LogP contribution is 2.46. The Morgan fingerprint density at radius 1 is 1.50 bits per heavy atom. The Balaban J connectivity index is 1.73. The molecule has 18 heavy (non-hydrogen) atoms. The van der Waals surface area contributed by atoms with Gasteiger partial charge in [0.05, 0.1) is 18.8 Å². The van der Waals surface area contributed by atoms with E-state index in [1.165, 1.54) is 0 Å². The highest BCUT2D eigenvalue weighted by Gasteiger charge is 2.58. The van der Waals surface area contributed by atoms with Crippen LogP contribution in [0.25, 0.3) is 0 Å². The van der Waals surface area contributed by atoms with Crippen molar-refractivity contribution in [1.82, 2.24) is 0 Å². The minimum Gasteiger partial charge on any atom is -0.366 e. The lowest BCUT2D eigenvalue weighted by Gasteiger charge is -2.42. The zero-order chi connectivity index (χ0) is 12.8. The maximum absolute atomic E-state index is 9.66. The summed E-state index contributed by atoms with van der Waals surface area (Å²) in [5.74, 6) is 0. The van der Waals surface area contributed by atoms with Crippen LogP contribution in [0.3, 0.4) is 0 Å². The Morgan fingerprint density at radius 3 is 3.11 bits per heavy atom. The molecule has 0 aliphatic carbocycles. The van der Waals surface area contributed by atoms with Gasteiger partial charge in [0.25, 0.3) is 0 Å². The van der Waals surface area contributed by atoms with Gasteiger partial charge in [-0.25, -0.2) is 0 Å². The van der Waals surface area contributed by atoms with Crippen molar-refractivity contribution in [1.29, 1.82) is 0 Å². The van der Waals surface area contributed by atoms with Gasteiger partial charge in [-0.05, 0) is 25.3 Å². The Bertz CT molecular complexity index is 387. The van der Waals surface area contributed by atoms with Crippen LogP contribution in [-0.4, -0.2) is 41.9 Å². The van der Waals surface area contributed by atoms with Gasteiger partial charge in [-0.2, -0.15) is 0 Å². The molecule has 3 aliphatic rings. The molecule has 0 saturated carbocycles. The summed E-state index contributed by atoms with van der Waals surface area (Å²) in [5.41, 5.74) is 3.70. The quantitative estimate of drug-likeness (QED) is 0.757. The van der Waals surface area contributed by atoms with E-state index < -0.39 is 6.29 Å². The summed E-state index contributed by atoms with van der Waals surface area (Å²) >= 11 is 0. The summed E-state index contributed by atoms with van der Waals surface area (Å²) < 4.78 is 17.5. The van der Waals surface area contributed by atoms with Crippen LogP contribution in [-0.2, 0) is 14.2 Å². The molecule has 0 aromatic rings. The minimum absolute atomic E-state index is 0.0731. The van der Waals surface area contributed by atoms with E-state index >= 15 is 0 Å². The first kappa shape index (κ1) is 12.4. The third kappa shape index (κ3) is 1.94. The van der Waals surface area contributed by atoms with Gasteiger partial charge in [0.2, 0.25) is 0 Å². The van der Waals surface area contributed by atoms with Gasteiger partial charge in [-0.1, -0.05) is 6.58 Å². The molecule has 100 valence electrons. The minimum atomic E-state index is -0.793. The van der Waals surface area contributed by atoms with Crippen LogP contribution in [0.1, 0.15) is 32.6 Å². The number of rotatable bonds is 2. The predicted molar refractivity (Wildman–Crippen MR) is 65.0 cm³/mol. The largest absolute Gasteiger partial charge is 0.366 e. The van der Waals surface area contributed by atoms with Crippen molar-refractivity contribution in [3.05, 3.63) is 17.9 Å². The van der Waals surface area contributed by atoms with Crippen molar-refractivity contribution in [3.8, 4) is 0 Å². The van der Waals surface area contributed by atoms with E-state index in [-0.39, 0.29) is 23.9 Å². The number of aliphatic hydroxyl groups is 1. The average molecular weight is 252 g/mol. The second kappa shape index (κ2) is 4.48. The maximum Gasteiger partial charge on any atom is 0.181 e. The number of hydrogen-bond donors (Lipinski definition) is 1. The van der Waals surface area contributed by atoms with E-state index in [0.29, 0.717) is 6.61 Å². The third-order valence-electron chi connectivity index (χ3n) is 4.28. The van der Waals surface area contributed by atoms with Crippen molar-refractivity contribution >= 4 is 0 Å². The Kier molecular flexibility index (Phi) is 3.08. The van der Waals surface area contributed by atoms with E-state index in [9.17, 15) is 5.11 Å². The van der Waals surface area contributed by atoms with Gasteiger partial charge >= 0.3 is 0 Å². The first-order valence-corrected chi connectivity index (χ1v) is 6.61. The Morgan fingerprint density at radius 2 is 2.33 bits per heavy atom. The van der Waals surface area contributed by atoms with Crippen LogP contribution in [0.4, 0.5) is 0 Å². The molecule has 3 heterocycles. The van der Waals surface area contributed by atoms with Crippen LogP contribution < -0.4 is 0 Å². The van der Waals surface area contributed by atoms with Gasteiger partial charge in [0.15, 0.2) is 6.29 Å². The lowest BCUT2D eigenvalue weighted by Crippen LogP contribution is -2.53. The molecule has 0 aromatic heterocycles. The van der Waals surface area contributed by atoms with Crippen molar-refractivity contribution in [3.63, 3.8) is 0 Å². The number of ether oxygens (including phenoxy) is 3. The molecule has 0 radical (unpaired) electrons. The molecule has 3 fully saturated rings. The smallest absolute Gasteiger partial charge is 0.181 e. The maximum atomic E-state index is 9.66. The fraction of sp³-hybridized carbons (Fsp3) is 0.786. The lowest BCUT2D eigenvalue weighted by molar-refractivity contribution is -0.221. The van der Waals surface area contributed by atoms with E-state index in [1.54, 1.807) is 0 Å². The van der Waals surface area contributed by atoms with Gasteiger partial charge in [0, 0.05) is 12.8 Å². The Hall–Kier alpha value is -0.640. The number of aliphatic hydroxyl groups excluding tert-OH is 1. The average Bonchev–Trinajstić information content (AvgIpc) is 2.68. The number of hydrogen-bond acceptors (Lipinski definition) is 4. The highest BCUT2D eigenvalue weighted by molar-refractivity contribution is 5.06. The molecular formula is C14H20O4. The monoisotopic (exact) mass is 252 g/mol. The zero-order valence-corrected chi connectivity index (χ0v) is 10.7. The Labute approximate surface area is 107 Å². The standard InChI is InChI=1S/C14H20O4/c1-3-9(2)6-10-4-5-12-14(18-10)7-11(17-12)13(15)16-8-14/h10-13,15H,1,4-8H2,2H3/t10?,11-,12+,13?,14-/m1/s1. The highest BCUT2D eigenvalue weighted by atomic mass is 16.7. The second-order valence-corrected chi connectivity index (χ2v) is 5.61. The van der Waals surface area contributed by atoms with E-state index in [4.69, 9.17) is 14.2 Å². The summed E-state index contributed by atoms with van der Waals surface area (Å²) in [7, 11) is 0. The first-order chi connectivity index (χ1) is 8.63. The molecule has 0 amide bonds. The SMILES string of the molecule is C=C=C(C)CC1CC[C@@H]2O[C@@H]3C[C@]2(COC3O)O1. The molecule has 3 aliphatic heterocycles. The lowest BCUT2D eigenvalue weighted by atomic mass is 9.85. The molecule has 4 nitrogen and oxygen atoms in total. The molecule has 3 saturated heterocycles. The van der Waals surface area contributed by atoms with E-state index in [1.807, 2.05) is 6.92 Å². The van der Waals surface area contributed by atoms with E-state index in [0.717, 1.165) is 31.3 Å². The van der Waals surface area contributed by atoms with Crippen LogP contribution in [0.2, 0.25) is 0 Å².